The van der Waals surface area contributed by atoms with Gasteiger partial charge in [0.25, 0.3) is 0 Å². The van der Waals surface area contributed by atoms with E-state index in [0.29, 0.717) is 6.42 Å². The molecule has 1 aliphatic carbocycles. The third kappa shape index (κ3) is 1.85. The second kappa shape index (κ2) is 4.25. The average molecular weight is 165 g/mol. The molecule has 1 unspecified atom stereocenters. The van der Waals surface area contributed by atoms with E-state index in [9.17, 15) is 4.79 Å². The molecule has 1 atom stereocenters. The van der Waals surface area contributed by atoms with Crippen LogP contribution in [0.4, 0.5) is 0 Å². The number of carbonyl (C=O) groups is 1. The van der Waals surface area contributed by atoms with E-state index in [1.54, 1.807) is 0 Å². The fourth-order valence-corrected chi connectivity index (χ4v) is 1.85. The predicted octanol–water partition coefficient (Wildman–Crippen LogP) is 2.30. The molecule has 1 fully saturated rings. The van der Waals surface area contributed by atoms with Crippen LogP contribution in [0.2, 0.25) is 0 Å². The van der Waals surface area contributed by atoms with Crippen LogP contribution in [0.5, 0.6) is 0 Å². The lowest BCUT2D eigenvalue weighted by Crippen LogP contribution is -2.19. The molecule has 0 aliphatic heterocycles. The fraction of sp³-hybridized carbons (Fsp3) is 0.800. The lowest BCUT2D eigenvalue weighted by Gasteiger charge is -2.10. The Balaban J connectivity index is 2.51. The first-order chi connectivity index (χ1) is 5.79. The highest BCUT2D eigenvalue weighted by Crippen LogP contribution is 2.28. The van der Waals surface area contributed by atoms with Crippen molar-refractivity contribution in [3.63, 3.8) is 0 Å². The van der Waals surface area contributed by atoms with Gasteiger partial charge in [-0.2, -0.15) is 5.26 Å². The number of nitrogens with zero attached hydrogens (tertiary/aromatic N) is 1. The minimum absolute atomic E-state index is 0.192. The van der Waals surface area contributed by atoms with E-state index in [0.717, 1.165) is 25.7 Å². The minimum atomic E-state index is -0.340. The van der Waals surface area contributed by atoms with Gasteiger partial charge in [-0.1, -0.05) is 19.8 Å². The molecular formula is C10H15NO. The maximum atomic E-state index is 11.6. The molecule has 0 bridgehead atoms. The Morgan fingerprint density at radius 2 is 2.17 bits per heavy atom. The van der Waals surface area contributed by atoms with Crippen LogP contribution < -0.4 is 0 Å². The Bertz CT molecular complexity index is 198. The zero-order chi connectivity index (χ0) is 8.97. The molecule has 0 amide bonds. The predicted molar refractivity (Wildman–Crippen MR) is 46.4 cm³/mol. The molecule has 1 saturated carbocycles. The standard InChI is InChI=1S/C10H15NO/c1-2-8(7-11)10(12)9-5-3-4-6-9/h8-9H,2-6H2,1H3. The molecule has 1 aliphatic rings. The summed E-state index contributed by atoms with van der Waals surface area (Å²) in [5.41, 5.74) is 0. The van der Waals surface area contributed by atoms with Crippen LogP contribution >= 0.6 is 0 Å². The van der Waals surface area contributed by atoms with Gasteiger partial charge in [-0.15, -0.1) is 0 Å². The zero-order valence-corrected chi connectivity index (χ0v) is 7.55. The van der Waals surface area contributed by atoms with Crippen LogP contribution in [-0.2, 0) is 4.79 Å². The van der Waals surface area contributed by atoms with Crippen molar-refractivity contribution in [3.05, 3.63) is 0 Å². The van der Waals surface area contributed by atoms with E-state index in [1.165, 1.54) is 0 Å². The number of carbonyl (C=O) groups excluding carboxylic acids is 1. The van der Waals surface area contributed by atoms with Crippen LogP contribution in [0.3, 0.4) is 0 Å². The molecule has 0 spiro atoms. The van der Waals surface area contributed by atoms with E-state index in [1.807, 2.05) is 6.92 Å². The van der Waals surface area contributed by atoms with Crippen molar-refractivity contribution in [3.8, 4) is 6.07 Å². The number of hydrogen-bond donors (Lipinski definition) is 0. The maximum Gasteiger partial charge on any atom is 0.153 e. The van der Waals surface area contributed by atoms with Crippen molar-refractivity contribution in [1.82, 2.24) is 0 Å². The van der Waals surface area contributed by atoms with Crippen LogP contribution in [-0.4, -0.2) is 5.78 Å². The van der Waals surface area contributed by atoms with E-state index in [-0.39, 0.29) is 17.6 Å². The molecule has 0 N–H and O–H groups in total. The van der Waals surface area contributed by atoms with Gasteiger partial charge in [-0.05, 0) is 19.3 Å². The summed E-state index contributed by atoms with van der Waals surface area (Å²) in [5.74, 6) is 0.0557. The molecule has 1 rings (SSSR count). The third-order valence-corrected chi connectivity index (χ3v) is 2.67. The second-order valence-electron chi connectivity index (χ2n) is 3.47. The lowest BCUT2D eigenvalue weighted by molar-refractivity contribution is -0.125. The topological polar surface area (TPSA) is 40.9 Å². The summed E-state index contributed by atoms with van der Waals surface area (Å²) in [6, 6.07) is 2.08. The molecule has 0 heterocycles. The summed E-state index contributed by atoms with van der Waals surface area (Å²) in [7, 11) is 0. The van der Waals surface area contributed by atoms with Gasteiger partial charge in [0.05, 0.1) is 6.07 Å². The smallest absolute Gasteiger partial charge is 0.153 e. The van der Waals surface area contributed by atoms with Gasteiger partial charge in [0, 0.05) is 5.92 Å². The Hall–Kier alpha value is -0.840. The number of rotatable bonds is 3. The normalized spacial score (nSPS) is 20.3. The van der Waals surface area contributed by atoms with Gasteiger partial charge >= 0.3 is 0 Å². The van der Waals surface area contributed by atoms with E-state index in [2.05, 4.69) is 6.07 Å². The Kier molecular flexibility index (Phi) is 3.28. The summed E-state index contributed by atoms with van der Waals surface area (Å²) < 4.78 is 0. The van der Waals surface area contributed by atoms with Gasteiger partial charge in [0.2, 0.25) is 0 Å². The second-order valence-corrected chi connectivity index (χ2v) is 3.47. The van der Waals surface area contributed by atoms with Crippen molar-refractivity contribution in [2.24, 2.45) is 11.8 Å². The third-order valence-electron chi connectivity index (χ3n) is 2.67. The molecule has 0 saturated heterocycles. The van der Waals surface area contributed by atoms with Gasteiger partial charge in [-0.25, -0.2) is 0 Å². The highest BCUT2D eigenvalue weighted by Gasteiger charge is 2.27. The molecule has 12 heavy (non-hydrogen) atoms. The van der Waals surface area contributed by atoms with Crippen molar-refractivity contribution in [2.45, 2.75) is 39.0 Å². The van der Waals surface area contributed by atoms with Crippen molar-refractivity contribution < 1.29 is 4.79 Å². The Morgan fingerprint density at radius 1 is 1.58 bits per heavy atom. The van der Waals surface area contributed by atoms with Crippen molar-refractivity contribution >= 4 is 5.78 Å². The number of ketones is 1. The number of Topliss-reactive ketones (excluding diaryl/α,β-unsaturated/α-hetero) is 1. The average Bonchev–Trinajstić information content (AvgIpc) is 2.58. The molecule has 66 valence electrons. The Labute approximate surface area is 73.6 Å². The van der Waals surface area contributed by atoms with Crippen molar-refractivity contribution in [1.29, 1.82) is 5.26 Å². The first kappa shape index (κ1) is 9.25. The molecule has 0 aromatic rings. The van der Waals surface area contributed by atoms with Crippen LogP contribution in [0, 0.1) is 23.2 Å². The summed E-state index contributed by atoms with van der Waals surface area (Å²) in [4.78, 5) is 11.6. The molecule has 2 heteroatoms. The Morgan fingerprint density at radius 3 is 2.58 bits per heavy atom. The number of nitriles is 1. The monoisotopic (exact) mass is 165 g/mol. The fourth-order valence-electron chi connectivity index (χ4n) is 1.85. The SMILES string of the molecule is CCC(C#N)C(=O)C1CCCC1. The lowest BCUT2D eigenvalue weighted by atomic mass is 9.91. The van der Waals surface area contributed by atoms with Gasteiger partial charge < -0.3 is 0 Å². The first-order valence-electron chi connectivity index (χ1n) is 4.73. The molecule has 0 aromatic carbocycles. The molecule has 0 aromatic heterocycles. The van der Waals surface area contributed by atoms with E-state index >= 15 is 0 Å². The zero-order valence-electron chi connectivity index (χ0n) is 7.55. The van der Waals surface area contributed by atoms with Crippen LogP contribution in [0.1, 0.15) is 39.0 Å². The van der Waals surface area contributed by atoms with Crippen molar-refractivity contribution in [2.75, 3.05) is 0 Å². The van der Waals surface area contributed by atoms with Crippen LogP contribution in [0.25, 0.3) is 0 Å². The van der Waals surface area contributed by atoms with Gasteiger partial charge in [0.15, 0.2) is 5.78 Å². The first-order valence-corrected chi connectivity index (χ1v) is 4.73. The minimum Gasteiger partial charge on any atom is -0.298 e. The largest absolute Gasteiger partial charge is 0.298 e. The maximum absolute atomic E-state index is 11.6. The number of hydrogen-bond acceptors (Lipinski definition) is 2. The summed E-state index contributed by atoms with van der Waals surface area (Å²) in [6.07, 6.45) is 5.02. The highest BCUT2D eigenvalue weighted by molar-refractivity contribution is 5.85. The molecular weight excluding hydrogens is 150 g/mol. The summed E-state index contributed by atoms with van der Waals surface area (Å²) in [5, 5.41) is 8.69. The summed E-state index contributed by atoms with van der Waals surface area (Å²) in [6.45, 7) is 1.90. The molecule has 0 radical (unpaired) electrons. The molecule has 2 nitrogen and oxygen atoms in total. The van der Waals surface area contributed by atoms with Crippen LogP contribution in [0.15, 0.2) is 0 Å². The van der Waals surface area contributed by atoms with E-state index in [4.69, 9.17) is 5.26 Å². The quantitative estimate of drug-likeness (QED) is 0.643. The van der Waals surface area contributed by atoms with Gasteiger partial charge in [-0.3, -0.25) is 4.79 Å². The van der Waals surface area contributed by atoms with Gasteiger partial charge in [0.1, 0.15) is 5.92 Å². The highest BCUT2D eigenvalue weighted by atomic mass is 16.1. The van der Waals surface area contributed by atoms with E-state index < -0.39 is 0 Å². The summed E-state index contributed by atoms with van der Waals surface area (Å²) >= 11 is 0.